The van der Waals surface area contributed by atoms with Gasteiger partial charge in [-0.05, 0) is 51.9 Å². The zero-order chi connectivity index (χ0) is 14.7. The predicted molar refractivity (Wildman–Crippen MR) is 84.2 cm³/mol. The van der Waals surface area contributed by atoms with Crippen LogP contribution in [0.4, 0.5) is 0 Å². The summed E-state index contributed by atoms with van der Waals surface area (Å²) in [5.74, 6) is 0.435. The number of nitrogens with zero attached hydrogens (tertiary/aromatic N) is 2. The lowest BCUT2D eigenvalue weighted by molar-refractivity contribution is 0.135. The van der Waals surface area contributed by atoms with Crippen LogP contribution < -0.4 is 0 Å². The first-order chi connectivity index (χ1) is 9.52. The van der Waals surface area contributed by atoms with Gasteiger partial charge in [0, 0.05) is 30.7 Å². The van der Waals surface area contributed by atoms with Gasteiger partial charge in [0.25, 0.3) is 0 Å². The van der Waals surface area contributed by atoms with Crippen molar-refractivity contribution in [1.82, 2.24) is 9.80 Å². The van der Waals surface area contributed by atoms with E-state index in [9.17, 15) is 5.11 Å². The van der Waals surface area contributed by atoms with Gasteiger partial charge in [0.2, 0.25) is 0 Å². The number of phenolic OH excluding ortho intramolecular Hbond substituents is 1. The molecule has 1 heterocycles. The van der Waals surface area contributed by atoms with Gasteiger partial charge in [0.1, 0.15) is 5.75 Å². The van der Waals surface area contributed by atoms with Crippen molar-refractivity contribution in [3.8, 4) is 5.75 Å². The minimum absolute atomic E-state index is 0.270. The van der Waals surface area contributed by atoms with E-state index in [1.807, 2.05) is 13.0 Å². The van der Waals surface area contributed by atoms with Crippen LogP contribution in [-0.4, -0.2) is 47.6 Å². The number of hydrogen-bond donors (Lipinski definition) is 1. The topological polar surface area (TPSA) is 26.7 Å². The Morgan fingerprint density at radius 3 is 2.75 bits per heavy atom. The molecule has 0 spiro atoms. The van der Waals surface area contributed by atoms with E-state index in [1.165, 1.54) is 13.0 Å². The molecule has 0 aliphatic carbocycles. The lowest BCUT2D eigenvalue weighted by Gasteiger charge is -2.35. The van der Waals surface area contributed by atoms with Gasteiger partial charge < -0.3 is 10.0 Å². The monoisotopic (exact) mass is 276 g/mol. The Bertz CT molecular complexity index is 447. The summed E-state index contributed by atoms with van der Waals surface area (Å²) in [5, 5.41) is 10.2. The molecule has 1 aliphatic heterocycles. The van der Waals surface area contributed by atoms with Gasteiger partial charge in [-0.25, -0.2) is 0 Å². The fourth-order valence-electron chi connectivity index (χ4n) is 3.32. The van der Waals surface area contributed by atoms with E-state index in [1.54, 1.807) is 0 Å². The molecule has 0 aromatic heterocycles. The van der Waals surface area contributed by atoms with Crippen LogP contribution in [0.3, 0.4) is 0 Å². The first-order valence-corrected chi connectivity index (χ1v) is 7.76. The summed E-state index contributed by atoms with van der Waals surface area (Å²) in [5.41, 5.74) is 2.17. The largest absolute Gasteiger partial charge is 0.508 e. The molecular weight excluding hydrogens is 248 g/mol. The van der Waals surface area contributed by atoms with E-state index in [4.69, 9.17) is 0 Å². The van der Waals surface area contributed by atoms with E-state index < -0.39 is 0 Å². The summed E-state index contributed by atoms with van der Waals surface area (Å²) >= 11 is 0. The van der Waals surface area contributed by atoms with Crippen LogP contribution in [0.2, 0.25) is 0 Å². The van der Waals surface area contributed by atoms with Crippen molar-refractivity contribution in [3.63, 3.8) is 0 Å². The maximum atomic E-state index is 10.2. The molecule has 1 fully saturated rings. The Balaban J connectivity index is 2.23. The predicted octanol–water partition coefficient (Wildman–Crippen LogP) is 3.18. The molecule has 3 nitrogen and oxygen atoms in total. The van der Waals surface area contributed by atoms with E-state index >= 15 is 0 Å². The third-order valence-electron chi connectivity index (χ3n) is 4.55. The lowest BCUT2D eigenvalue weighted by atomic mass is 10.0. The fourth-order valence-corrected chi connectivity index (χ4v) is 3.32. The molecule has 2 unspecified atom stereocenters. The second-order valence-corrected chi connectivity index (χ2v) is 6.15. The maximum absolute atomic E-state index is 10.2. The van der Waals surface area contributed by atoms with Crippen molar-refractivity contribution in [1.29, 1.82) is 0 Å². The summed E-state index contributed by atoms with van der Waals surface area (Å²) in [7, 11) is 2.21. The highest BCUT2D eigenvalue weighted by molar-refractivity contribution is 5.38. The smallest absolute Gasteiger partial charge is 0.120 e. The van der Waals surface area contributed by atoms with Crippen LogP contribution in [0.15, 0.2) is 18.2 Å². The molecule has 0 bridgehead atoms. The number of phenols is 1. The summed E-state index contributed by atoms with van der Waals surface area (Å²) in [6.45, 7) is 9.89. The zero-order valence-corrected chi connectivity index (χ0v) is 13.3. The number of aromatic hydroxyl groups is 1. The highest BCUT2D eigenvalue weighted by Gasteiger charge is 2.27. The van der Waals surface area contributed by atoms with Crippen molar-refractivity contribution in [2.75, 3.05) is 26.7 Å². The number of aryl methyl sites for hydroxylation is 1. The second-order valence-electron chi connectivity index (χ2n) is 6.15. The highest BCUT2D eigenvalue weighted by atomic mass is 16.3. The SMILES string of the molecule is CCC1CN(C)CCCN1C(C)c1ccc(C)cc1O. The molecule has 112 valence electrons. The van der Waals surface area contributed by atoms with Crippen LogP contribution in [0.25, 0.3) is 0 Å². The number of benzene rings is 1. The fraction of sp³-hybridized carbons (Fsp3) is 0.647. The van der Waals surface area contributed by atoms with Crippen molar-refractivity contribution in [3.05, 3.63) is 29.3 Å². The molecule has 0 saturated carbocycles. The zero-order valence-electron chi connectivity index (χ0n) is 13.3. The molecule has 1 aromatic carbocycles. The van der Waals surface area contributed by atoms with Gasteiger partial charge in [0.15, 0.2) is 0 Å². The minimum Gasteiger partial charge on any atom is -0.508 e. The highest BCUT2D eigenvalue weighted by Crippen LogP contribution is 2.32. The molecule has 3 heteroatoms. The van der Waals surface area contributed by atoms with Crippen LogP contribution in [-0.2, 0) is 0 Å². The Labute approximate surface area is 123 Å². The van der Waals surface area contributed by atoms with Crippen LogP contribution >= 0.6 is 0 Å². The molecule has 20 heavy (non-hydrogen) atoms. The minimum atomic E-state index is 0.270. The van der Waals surface area contributed by atoms with E-state index in [0.717, 1.165) is 30.6 Å². The van der Waals surface area contributed by atoms with Gasteiger partial charge >= 0.3 is 0 Å². The van der Waals surface area contributed by atoms with Crippen molar-refractivity contribution in [2.45, 2.75) is 45.7 Å². The summed E-state index contributed by atoms with van der Waals surface area (Å²) in [6, 6.07) is 6.88. The third-order valence-corrected chi connectivity index (χ3v) is 4.55. The molecule has 1 saturated heterocycles. The number of likely N-dealkylation sites (N-methyl/N-ethyl adjacent to an activating group) is 1. The first-order valence-electron chi connectivity index (χ1n) is 7.76. The number of hydrogen-bond acceptors (Lipinski definition) is 3. The average Bonchev–Trinajstić information content (AvgIpc) is 2.59. The summed E-state index contributed by atoms with van der Waals surface area (Å²) in [4.78, 5) is 4.99. The molecule has 2 rings (SSSR count). The van der Waals surface area contributed by atoms with Crippen molar-refractivity contribution >= 4 is 0 Å². The number of rotatable bonds is 3. The van der Waals surface area contributed by atoms with E-state index in [0.29, 0.717) is 11.8 Å². The van der Waals surface area contributed by atoms with Crippen LogP contribution in [0.5, 0.6) is 5.75 Å². The Kier molecular flexibility index (Phi) is 5.06. The quantitative estimate of drug-likeness (QED) is 0.918. The Hall–Kier alpha value is -1.06. The Morgan fingerprint density at radius 2 is 2.10 bits per heavy atom. The van der Waals surface area contributed by atoms with Crippen molar-refractivity contribution < 1.29 is 5.11 Å². The van der Waals surface area contributed by atoms with Gasteiger partial charge in [-0.1, -0.05) is 19.1 Å². The summed E-state index contributed by atoms with van der Waals surface area (Å²) in [6.07, 6.45) is 2.35. The van der Waals surface area contributed by atoms with Gasteiger partial charge in [0.05, 0.1) is 0 Å². The normalized spacial score (nSPS) is 23.5. The standard InChI is InChI=1S/C17H28N2O/c1-5-15-12-18(4)9-6-10-19(15)14(3)16-8-7-13(2)11-17(16)20/h7-8,11,14-15,20H,5-6,9-10,12H2,1-4H3. The summed E-state index contributed by atoms with van der Waals surface area (Å²) < 4.78 is 0. The lowest BCUT2D eigenvalue weighted by Crippen LogP contribution is -2.41. The molecule has 1 aliphatic rings. The average molecular weight is 276 g/mol. The van der Waals surface area contributed by atoms with Gasteiger partial charge in [-0.3, -0.25) is 4.90 Å². The van der Waals surface area contributed by atoms with Gasteiger partial charge in [-0.15, -0.1) is 0 Å². The first kappa shape index (κ1) is 15.3. The Morgan fingerprint density at radius 1 is 1.35 bits per heavy atom. The molecular formula is C17H28N2O. The van der Waals surface area contributed by atoms with E-state index in [2.05, 4.69) is 42.8 Å². The third kappa shape index (κ3) is 3.33. The van der Waals surface area contributed by atoms with Gasteiger partial charge in [-0.2, -0.15) is 0 Å². The molecule has 0 radical (unpaired) electrons. The molecule has 0 amide bonds. The second kappa shape index (κ2) is 6.59. The van der Waals surface area contributed by atoms with Crippen molar-refractivity contribution in [2.24, 2.45) is 0 Å². The van der Waals surface area contributed by atoms with Crippen LogP contribution in [0, 0.1) is 6.92 Å². The van der Waals surface area contributed by atoms with E-state index in [-0.39, 0.29) is 6.04 Å². The maximum Gasteiger partial charge on any atom is 0.120 e. The molecule has 1 N–H and O–H groups in total. The molecule has 1 aromatic rings. The van der Waals surface area contributed by atoms with Crippen LogP contribution in [0.1, 0.15) is 43.9 Å². The molecule has 2 atom stereocenters.